The van der Waals surface area contributed by atoms with Crippen LogP contribution in [0.3, 0.4) is 0 Å². The van der Waals surface area contributed by atoms with E-state index in [-0.39, 0.29) is 5.91 Å². The maximum absolute atomic E-state index is 12.6. The zero-order valence-electron chi connectivity index (χ0n) is 13.6. The van der Waals surface area contributed by atoms with Crippen LogP contribution in [0, 0.1) is 6.92 Å². The highest BCUT2D eigenvalue weighted by atomic mass is 32.1. The lowest BCUT2D eigenvalue weighted by Gasteiger charge is -2.13. The summed E-state index contributed by atoms with van der Waals surface area (Å²) in [6, 6.07) is 11.9. The number of aromatic nitrogens is 2. The van der Waals surface area contributed by atoms with Crippen LogP contribution in [-0.4, -0.2) is 15.5 Å². The minimum Gasteiger partial charge on any atom is -0.408 e. The summed E-state index contributed by atoms with van der Waals surface area (Å²) in [6.07, 6.45) is 0. The summed E-state index contributed by atoms with van der Waals surface area (Å²) in [7, 11) is 0. The number of hydrogen-bond donors (Lipinski definition) is 1. The quantitative estimate of drug-likeness (QED) is 0.609. The van der Waals surface area contributed by atoms with E-state index in [1.165, 1.54) is 4.57 Å². The molecule has 1 atom stereocenters. The summed E-state index contributed by atoms with van der Waals surface area (Å²) in [4.78, 5) is 29.2. The van der Waals surface area contributed by atoms with Crippen molar-refractivity contribution in [2.75, 3.05) is 5.32 Å². The molecule has 2 heterocycles. The number of rotatable bonds is 3. The van der Waals surface area contributed by atoms with Crippen molar-refractivity contribution < 1.29 is 9.21 Å². The number of oxazole rings is 1. The molecule has 0 unspecified atom stereocenters. The van der Waals surface area contributed by atoms with E-state index in [9.17, 15) is 9.59 Å². The van der Waals surface area contributed by atoms with Crippen molar-refractivity contribution in [2.45, 2.75) is 19.9 Å². The lowest BCUT2D eigenvalue weighted by atomic mass is 10.2. The molecule has 0 aliphatic carbocycles. The number of carbonyl (C=O) groups is 1. The van der Waals surface area contributed by atoms with Crippen LogP contribution in [0.2, 0.25) is 0 Å². The van der Waals surface area contributed by atoms with Gasteiger partial charge in [-0.25, -0.2) is 9.78 Å². The van der Waals surface area contributed by atoms with Gasteiger partial charge in [0.15, 0.2) is 5.58 Å². The minimum absolute atomic E-state index is 0.283. The van der Waals surface area contributed by atoms with Crippen LogP contribution >= 0.6 is 11.3 Å². The lowest BCUT2D eigenvalue weighted by Crippen LogP contribution is -2.29. The Morgan fingerprint density at radius 3 is 2.92 bits per heavy atom. The van der Waals surface area contributed by atoms with Crippen molar-refractivity contribution in [3.05, 3.63) is 58.0 Å². The number of hydrogen-bond acceptors (Lipinski definition) is 5. The summed E-state index contributed by atoms with van der Waals surface area (Å²) in [5, 5.41) is 3.84. The van der Waals surface area contributed by atoms with Gasteiger partial charge < -0.3 is 9.73 Å². The van der Waals surface area contributed by atoms with Crippen LogP contribution in [-0.2, 0) is 4.79 Å². The van der Waals surface area contributed by atoms with Crippen molar-refractivity contribution in [1.82, 2.24) is 9.55 Å². The van der Waals surface area contributed by atoms with Crippen LogP contribution in [0.1, 0.15) is 18.0 Å². The summed E-state index contributed by atoms with van der Waals surface area (Å²) in [5.41, 5.74) is 2.65. The first kappa shape index (κ1) is 15.6. The Labute approximate surface area is 146 Å². The lowest BCUT2D eigenvalue weighted by molar-refractivity contribution is -0.118. The highest BCUT2D eigenvalue weighted by Gasteiger charge is 2.21. The van der Waals surface area contributed by atoms with Gasteiger partial charge in [0.2, 0.25) is 5.91 Å². The molecule has 1 amide bonds. The summed E-state index contributed by atoms with van der Waals surface area (Å²) in [5.74, 6) is -0.827. The third kappa shape index (κ3) is 2.72. The molecule has 126 valence electrons. The first-order valence-corrected chi connectivity index (χ1v) is 8.63. The zero-order chi connectivity index (χ0) is 17.6. The van der Waals surface area contributed by atoms with Crippen molar-refractivity contribution in [1.29, 1.82) is 0 Å². The number of carbonyl (C=O) groups excluding carboxylic acids is 1. The third-order valence-corrected chi connectivity index (χ3v) is 4.98. The van der Waals surface area contributed by atoms with E-state index in [2.05, 4.69) is 10.3 Å². The smallest absolute Gasteiger partial charge is 0.408 e. The predicted octanol–water partition coefficient (Wildman–Crippen LogP) is 3.71. The van der Waals surface area contributed by atoms with Gasteiger partial charge in [-0.05, 0) is 44.2 Å². The number of nitrogens with one attached hydrogen (secondary N) is 1. The Kier molecular flexibility index (Phi) is 3.65. The fourth-order valence-electron chi connectivity index (χ4n) is 2.83. The predicted molar refractivity (Wildman–Crippen MR) is 98.2 cm³/mol. The molecule has 0 aliphatic heterocycles. The van der Waals surface area contributed by atoms with Gasteiger partial charge in [-0.15, -0.1) is 11.3 Å². The number of aryl methyl sites for hydroxylation is 1. The van der Waals surface area contributed by atoms with Crippen LogP contribution in [0.4, 0.5) is 5.69 Å². The molecule has 2 aromatic heterocycles. The number of benzene rings is 2. The molecule has 0 radical (unpaired) electrons. The average Bonchev–Trinajstić information content (AvgIpc) is 3.11. The van der Waals surface area contributed by atoms with Crippen molar-refractivity contribution in [2.24, 2.45) is 0 Å². The molecule has 0 bridgehead atoms. The van der Waals surface area contributed by atoms with Gasteiger partial charge in [-0.2, -0.15) is 0 Å². The molecule has 7 heteroatoms. The van der Waals surface area contributed by atoms with Gasteiger partial charge >= 0.3 is 5.76 Å². The highest BCUT2D eigenvalue weighted by molar-refractivity contribution is 7.18. The highest BCUT2D eigenvalue weighted by Crippen LogP contribution is 2.25. The molecular formula is C18H15N3O3S. The normalized spacial score (nSPS) is 12.6. The largest absolute Gasteiger partial charge is 0.420 e. The topological polar surface area (TPSA) is 77.1 Å². The number of para-hydroxylation sites is 2. The molecule has 25 heavy (non-hydrogen) atoms. The van der Waals surface area contributed by atoms with E-state index in [0.717, 1.165) is 15.2 Å². The van der Waals surface area contributed by atoms with Crippen molar-refractivity contribution >= 4 is 44.2 Å². The molecule has 0 aliphatic rings. The van der Waals surface area contributed by atoms with Gasteiger partial charge in [0, 0.05) is 5.69 Å². The van der Waals surface area contributed by atoms with Crippen LogP contribution < -0.4 is 11.1 Å². The molecule has 4 aromatic rings. The van der Waals surface area contributed by atoms with E-state index in [1.807, 2.05) is 25.1 Å². The van der Waals surface area contributed by atoms with E-state index in [4.69, 9.17) is 4.42 Å². The van der Waals surface area contributed by atoms with E-state index in [0.29, 0.717) is 16.8 Å². The SMILES string of the molecule is Cc1nc2ccc(NC(=O)[C@H](C)n3c(=O)oc4ccccc43)cc2s1. The number of amides is 1. The molecule has 0 saturated heterocycles. The fourth-order valence-corrected chi connectivity index (χ4v) is 3.70. The molecule has 1 N–H and O–H groups in total. The Balaban J connectivity index is 1.65. The van der Waals surface area contributed by atoms with Crippen LogP contribution in [0.25, 0.3) is 21.3 Å². The summed E-state index contributed by atoms with van der Waals surface area (Å²) < 4.78 is 7.57. The van der Waals surface area contributed by atoms with Gasteiger partial charge in [0.1, 0.15) is 6.04 Å². The van der Waals surface area contributed by atoms with Gasteiger partial charge in [0.05, 0.1) is 20.7 Å². The van der Waals surface area contributed by atoms with Crippen molar-refractivity contribution in [3.63, 3.8) is 0 Å². The van der Waals surface area contributed by atoms with Crippen LogP contribution in [0.5, 0.6) is 0 Å². The first-order valence-electron chi connectivity index (χ1n) is 7.81. The first-order chi connectivity index (χ1) is 12.0. The Bertz CT molecular complexity index is 1160. The monoisotopic (exact) mass is 353 g/mol. The maximum Gasteiger partial charge on any atom is 0.420 e. The third-order valence-electron chi connectivity index (χ3n) is 4.05. The molecule has 2 aromatic carbocycles. The van der Waals surface area contributed by atoms with Crippen molar-refractivity contribution in [3.8, 4) is 0 Å². The summed E-state index contributed by atoms with van der Waals surface area (Å²) in [6.45, 7) is 3.62. The van der Waals surface area contributed by atoms with Gasteiger partial charge in [-0.1, -0.05) is 12.1 Å². The number of thiazole rings is 1. The number of nitrogens with zero attached hydrogens (tertiary/aromatic N) is 2. The second-order valence-corrected chi connectivity index (χ2v) is 7.02. The van der Waals surface area contributed by atoms with E-state index >= 15 is 0 Å². The van der Waals surface area contributed by atoms with Gasteiger partial charge in [0.25, 0.3) is 0 Å². The standard InChI is InChI=1S/C18H15N3O3S/c1-10(21-14-5-3-4-6-15(14)24-18(21)23)17(22)20-12-7-8-13-16(9-12)25-11(2)19-13/h3-10H,1-2H3,(H,20,22)/t10-/m0/s1. The Hall–Kier alpha value is -2.93. The molecule has 0 fully saturated rings. The molecule has 4 rings (SSSR count). The number of anilines is 1. The Morgan fingerprint density at radius 1 is 1.28 bits per heavy atom. The second-order valence-electron chi connectivity index (χ2n) is 5.79. The molecule has 0 saturated carbocycles. The zero-order valence-corrected chi connectivity index (χ0v) is 14.5. The van der Waals surface area contributed by atoms with E-state index < -0.39 is 11.8 Å². The fraction of sp³-hybridized carbons (Fsp3) is 0.167. The minimum atomic E-state index is -0.699. The maximum atomic E-state index is 12.6. The summed E-state index contributed by atoms with van der Waals surface area (Å²) >= 11 is 1.57. The Morgan fingerprint density at radius 2 is 2.08 bits per heavy atom. The molecular weight excluding hydrogens is 338 g/mol. The second kappa shape index (κ2) is 5.86. The number of fused-ring (bicyclic) bond motifs is 2. The average molecular weight is 353 g/mol. The molecule has 6 nitrogen and oxygen atoms in total. The van der Waals surface area contributed by atoms with E-state index in [1.54, 1.807) is 42.5 Å². The van der Waals surface area contributed by atoms with Crippen LogP contribution in [0.15, 0.2) is 51.7 Å². The molecule has 0 spiro atoms. The van der Waals surface area contributed by atoms with Gasteiger partial charge in [-0.3, -0.25) is 9.36 Å².